The molecule has 2 aromatic heterocycles. The smallest absolute Gasteiger partial charge is 0.257 e. The molecule has 0 atom stereocenters. The maximum atomic E-state index is 12.8. The molecule has 2 heterocycles. The average molecular weight is 394 g/mol. The van der Waals surface area contributed by atoms with Gasteiger partial charge in [0.1, 0.15) is 0 Å². The van der Waals surface area contributed by atoms with Crippen LogP contribution in [0.2, 0.25) is 0 Å². The highest BCUT2D eigenvalue weighted by Crippen LogP contribution is 2.22. The van der Waals surface area contributed by atoms with Crippen LogP contribution in [0.5, 0.6) is 0 Å². The Bertz CT molecular complexity index is 999. The fraction of sp³-hybridized carbons (Fsp3) is 0.273. The molecule has 0 saturated heterocycles. The van der Waals surface area contributed by atoms with Gasteiger partial charge in [-0.3, -0.25) is 9.59 Å². The summed E-state index contributed by atoms with van der Waals surface area (Å²) in [6.45, 7) is 4.76. The lowest BCUT2D eigenvalue weighted by Crippen LogP contribution is -2.25. The molecule has 144 valence electrons. The Morgan fingerprint density at radius 3 is 2.50 bits per heavy atom. The van der Waals surface area contributed by atoms with Crippen molar-refractivity contribution >= 4 is 28.8 Å². The molecule has 6 heteroatoms. The van der Waals surface area contributed by atoms with Gasteiger partial charge in [-0.2, -0.15) is 0 Å². The van der Waals surface area contributed by atoms with Crippen LogP contribution in [0.1, 0.15) is 49.8 Å². The van der Waals surface area contributed by atoms with Gasteiger partial charge in [0.25, 0.3) is 11.8 Å². The second-order valence-electron chi connectivity index (χ2n) is 7.23. The molecule has 28 heavy (non-hydrogen) atoms. The van der Waals surface area contributed by atoms with Gasteiger partial charge in [-0.25, -0.2) is 0 Å². The minimum atomic E-state index is -0.138. The third-order valence-electron chi connectivity index (χ3n) is 5.03. The molecule has 1 aliphatic rings. The Balaban J connectivity index is 1.45. The fourth-order valence-electron chi connectivity index (χ4n) is 3.23. The third-order valence-corrected chi connectivity index (χ3v) is 5.89. The molecule has 0 bridgehead atoms. The number of hydrogen-bond acceptors (Lipinski definition) is 3. The molecule has 0 unspecified atom stereocenters. The van der Waals surface area contributed by atoms with Crippen molar-refractivity contribution in [3.8, 4) is 0 Å². The summed E-state index contributed by atoms with van der Waals surface area (Å²) >= 11 is 1.71. The second-order valence-corrected chi connectivity index (χ2v) is 8.26. The summed E-state index contributed by atoms with van der Waals surface area (Å²) in [4.78, 5) is 26.1. The van der Waals surface area contributed by atoms with Crippen LogP contribution in [0, 0.1) is 13.8 Å². The number of thiophene rings is 1. The molecular formula is C22H23N3O2S. The Kier molecular flexibility index (Phi) is 5.05. The standard InChI is InChI=1S/C22H23N3O2S/c1-14-12-20(15(2)25(14)13-19-4-3-11-28-19)22(27)24-17-7-5-16(6-8-17)21(26)23-18-9-10-18/h3-8,11-12,18H,9-10,13H2,1-2H3,(H,23,26)(H,24,27). The van der Waals surface area contributed by atoms with Crippen molar-refractivity contribution < 1.29 is 9.59 Å². The molecule has 0 spiro atoms. The van der Waals surface area contributed by atoms with Gasteiger partial charge >= 0.3 is 0 Å². The highest BCUT2D eigenvalue weighted by molar-refractivity contribution is 7.09. The van der Waals surface area contributed by atoms with E-state index in [2.05, 4.69) is 26.6 Å². The topological polar surface area (TPSA) is 63.1 Å². The Hall–Kier alpha value is -2.86. The van der Waals surface area contributed by atoms with Crippen LogP contribution < -0.4 is 10.6 Å². The quantitative estimate of drug-likeness (QED) is 0.654. The van der Waals surface area contributed by atoms with Crippen molar-refractivity contribution in [2.45, 2.75) is 39.3 Å². The third kappa shape index (κ3) is 4.02. The van der Waals surface area contributed by atoms with Crippen LogP contribution in [0.15, 0.2) is 47.8 Å². The van der Waals surface area contributed by atoms with Crippen LogP contribution in [0.25, 0.3) is 0 Å². The number of aryl methyl sites for hydroxylation is 1. The molecule has 1 saturated carbocycles. The van der Waals surface area contributed by atoms with Gasteiger partial charge in [0.2, 0.25) is 0 Å². The van der Waals surface area contributed by atoms with E-state index in [1.54, 1.807) is 35.6 Å². The zero-order chi connectivity index (χ0) is 19.7. The van der Waals surface area contributed by atoms with Gasteiger partial charge in [-0.1, -0.05) is 6.07 Å². The number of hydrogen-bond donors (Lipinski definition) is 2. The van der Waals surface area contributed by atoms with Crippen LogP contribution >= 0.6 is 11.3 Å². The molecule has 1 aromatic carbocycles. The van der Waals surface area contributed by atoms with Crippen molar-refractivity contribution in [3.63, 3.8) is 0 Å². The predicted octanol–water partition coefficient (Wildman–Crippen LogP) is 4.36. The first-order valence-corrected chi connectivity index (χ1v) is 10.3. The summed E-state index contributed by atoms with van der Waals surface area (Å²) < 4.78 is 2.16. The van der Waals surface area contributed by atoms with E-state index in [4.69, 9.17) is 0 Å². The Labute approximate surface area is 168 Å². The van der Waals surface area contributed by atoms with Gasteiger partial charge < -0.3 is 15.2 Å². The molecule has 0 radical (unpaired) electrons. The summed E-state index contributed by atoms with van der Waals surface area (Å²) in [6, 6.07) is 13.4. The van der Waals surface area contributed by atoms with E-state index in [-0.39, 0.29) is 11.8 Å². The Morgan fingerprint density at radius 2 is 1.86 bits per heavy atom. The SMILES string of the molecule is Cc1cc(C(=O)Nc2ccc(C(=O)NC3CC3)cc2)c(C)n1Cc1cccs1. The zero-order valence-electron chi connectivity index (χ0n) is 16.0. The molecule has 2 amide bonds. The average Bonchev–Trinajstić information content (AvgIpc) is 3.25. The largest absolute Gasteiger partial charge is 0.349 e. The molecular weight excluding hydrogens is 370 g/mol. The maximum Gasteiger partial charge on any atom is 0.257 e. The van der Waals surface area contributed by atoms with Gasteiger partial charge in [-0.05, 0) is 68.5 Å². The van der Waals surface area contributed by atoms with E-state index >= 15 is 0 Å². The van der Waals surface area contributed by atoms with Crippen molar-refractivity contribution in [1.29, 1.82) is 0 Å². The molecule has 3 aromatic rings. The van der Waals surface area contributed by atoms with E-state index in [1.165, 1.54) is 4.88 Å². The zero-order valence-corrected chi connectivity index (χ0v) is 16.8. The maximum absolute atomic E-state index is 12.8. The van der Waals surface area contributed by atoms with Crippen molar-refractivity contribution in [3.05, 3.63) is 75.2 Å². The lowest BCUT2D eigenvalue weighted by atomic mass is 10.1. The van der Waals surface area contributed by atoms with Crippen molar-refractivity contribution in [1.82, 2.24) is 9.88 Å². The highest BCUT2D eigenvalue weighted by atomic mass is 32.1. The number of rotatable bonds is 6. The summed E-state index contributed by atoms with van der Waals surface area (Å²) in [6.07, 6.45) is 2.12. The van der Waals surface area contributed by atoms with E-state index in [0.29, 0.717) is 22.9 Å². The number of nitrogens with zero attached hydrogens (tertiary/aromatic N) is 1. The number of nitrogens with one attached hydrogen (secondary N) is 2. The van der Waals surface area contributed by atoms with E-state index in [1.807, 2.05) is 26.0 Å². The van der Waals surface area contributed by atoms with Gasteiger partial charge in [0, 0.05) is 33.6 Å². The minimum Gasteiger partial charge on any atom is -0.349 e. The Morgan fingerprint density at radius 1 is 1.11 bits per heavy atom. The second kappa shape index (κ2) is 7.64. The highest BCUT2D eigenvalue weighted by Gasteiger charge is 2.23. The number of anilines is 1. The summed E-state index contributed by atoms with van der Waals surface area (Å²) in [5.74, 6) is -0.196. The number of amides is 2. The minimum absolute atomic E-state index is 0.0579. The molecule has 1 aliphatic carbocycles. The van der Waals surface area contributed by atoms with Gasteiger partial charge in [0.15, 0.2) is 0 Å². The number of carbonyl (C=O) groups is 2. The lowest BCUT2D eigenvalue weighted by molar-refractivity contribution is 0.0950. The van der Waals surface area contributed by atoms with Gasteiger partial charge in [-0.15, -0.1) is 11.3 Å². The van der Waals surface area contributed by atoms with Gasteiger partial charge in [0.05, 0.1) is 12.1 Å². The van der Waals surface area contributed by atoms with E-state index in [0.717, 1.165) is 30.8 Å². The van der Waals surface area contributed by atoms with Crippen LogP contribution in [0.4, 0.5) is 5.69 Å². The van der Waals surface area contributed by atoms with Crippen LogP contribution in [-0.2, 0) is 6.54 Å². The predicted molar refractivity (Wildman–Crippen MR) is 112 cm³/mol. The number of benzene rings is 1. The van der Waals surface area contributed by atoms with Crippen molar-refractivity contribution in [2.75, 3.05) is 5.32 Å². The first-order chi connectivity index (χ1) is 13.5. The fourth-order valence-corrected chi connectivity index (χ4v) is 3.93. The van der Waals surface area contributed by atoms with Crippen molar-refractivity contribution in [2.24, 2.45) is 0 Å². The number of aromatic nitrogens is 1. The monoisotopic (exact) mass is 393 g/mol. The molecule has 4 rings (SSSR count). The summed E-state index contributed by atoms with van der Waals surface area (Å²) in [5.41, 5.74) is 3.96. The van der Waals surface area contributed by atoms with E-state index in [9.17, 15) is 9.59 Å². The normalized spacial score (nSPS) is 13.4. The summed E-state index contributed by atoms with van der Waals surface area (Å²) in [5, 5.41) is 7.96. The van der Waals surface area contributed by atoms with Crippen LogP contribution in [-0.4, -0.2) is 22.4 Å². The number of carbonyl (C=O) groups excluding carboxylic acids is 2. The molecule has 1 fully saturated rings. The first-order valence-electron chi connectivity index (χ1n) is 9.42. The first kappa shape index (κ1) is 18.5. The molecule has 2 N–H and O–H groups in total. The summed E-state index contributed by atoms with van der Waals surface area (Å²) in [7, 11) is 0. The molecule has 0 aliphatic heterocycles. The van der Waals surface area contributed by atoms with E-state index < -0.39 is 0 Å². The lowest BCUT2D eigenvalue weighted by Gasteiger charge is -2.09. The van der Waals surface area contributed by atoms with Crippen LogP contribution in [0.3, 0.4) is 0 Å². The molecule has 5 nitrogen and oxygen atoms in total.